The maximum absolute atomic E-state index is 12.6. The van der Waals surface area contributed by atoms with Gasteiger partial charge in [-0.3, -0.25) is 9.78 Å². The highest BCUT2D eigenvalue weighted by Gasteiger charge is 2.15. The van der Waals surface area contributed by atoms with Crippen LogP contribution in [0.3, 0.4) is 0 Å². The van der Waals surface area contributed by atoms with E-state index in [1.165, 1.54) is 12.4 Å². The third kappa shape index (κ3) is 4.92. The van der Waals surface area contributed by atoms with Crippen molar-refractivity contribution in [3.8, 4) is 11.5 Å². The second kappa shape index (κ2) is 9.23. The summed E-state index contributed by atoms with van der Waals surface area (Å²) in [6.07, 6.45) is 3.48. The van der Waals surface area contributed by atoms with Gasteiger partial charge in [0.05, 0.1) is 34.5 Å². The molecule has 0 atom stereocenters. The summed E-state index contributed by atoms with van der Waals surface area (Å²) in [4.78, 5) is 20.9. The lowest BCUT2D eigenvalue weighted by molar-refractivity contribution is 0.102. The number of anilines is 1. The number of rotatable bonds is 7. The number of hydrogen-bond donors (Lipinski definition) is 1. The molecule has 9 heteroatoms. The van der Waals surface area contributed by atoms with Crippen molar-refractivity contribution in [2.45, 2.75) is 13.3 Å². The van der Waals surface area contributed by atoms with Gasteiger partial charge < -0.3 is 14.8 Å². The molecule has 0 fully saturated rings. The molecule has 0 bridgehead atoms. The molecule has 0 radical (unpaired) electrons. The molecule has 3 rings (SSSR count). The van der Waals surface area contributed by atoms with Crippen molar-refractivity contribution in [3.05, 3.63) is 62.3 Å². The first-order valence-corrected chi connectivity index (χ1v) is 9.93. The number of nitrogens with one attached hydrogen (secondary N) is 1. The number of carbonyl (C=O) groups excluding carboxylic acids is 1. The molecule has 2 heterocycles. The van der Waals surface area contributed by atoms with Crippen LogP contribution < -0.4 is 14.8 Å². The van der Waals surface area contributed by atoms with Crippen LogP contribution >= 0.6 is 34.5 Å². The first-order valence-electron chi connectivity index (χ1n) is 8.30. The standard InChI is InChI=1S/C19H17Cl2N3O3S/c1-11-10-28-17(23-11)5-6-27-16-7-12(3-4-15(16)26-2)19(25)24-18-13(20)8-22-9-14(18)21/h3-4,7-10H,5-6H2,1-2H3,(H,22,24,25). The van der Waals surface area contributed by atoms with E-state index >= 15 is 0 Å². The average molecular weight is 438 g/mol. The van der Waals surface area contributed by atoms with Gasteiger partial charge in [0.2, 0.25) is 0 Å². The molecule has 1 N–H and O–H groups in total. The van der Waals surface area contributed by atoms with Crippen LogP contribution in [0.4, 0.5) is 5.69 Å². The van der Waals surface area contributed by atoms with E-state index in [1.54, 1.807) is 36.6 Å². The van der Waals surface area contributed by atoms with E-state index in [0.29, 0.717) is 35.8 Å². The fraction of sp³-hybridized carbons (Fsp3) is 0.211. The molecule has 1 aromatic carbocycles. The van der Waals surface area contributed by atoms with Crippen molar-refractivity contribution < 1.29 is 14.3 Å². The topological polar surface area (TPSA) is 73.3 Å². The van der Waals surface area contributed by atoms with Crippen LogP contribution in [-0.2, 0) is 6.42 Å². The minimum atomic E-state index is -0.377. The van der Waals surface area contributed by atoms with Gasteiger partial charge in [0, 0.05) is 35.5 Å². The molecule has 0 unspecified atom stereocenters. The number of thiazole rings is 1. The predicted molar refractivity (Wildman–Crippen MR) is 111 cm³/mol. The molecule has 0 aliphatic rings. The Morgan fingerprint density at radius 3 is 2.61 bits per heavy atom. The van der Waals surface area contributed by atoms with E-state index in [-0.39, 0.29) is 16.0 Å². The van der Waals surface area contributed by atoms with E-state index in [1.807, 2.05) is 12.3 Å². The van der Waals surface area contributed by atoms with Crippen molar-refractivity contribution in [1.82, 2.24) is 9.97 Å². The maximum Gasteiger partial charge on any atom is 0.255 e. The Labute approximate surface area is 176 Å². The number of nitrogens with zero attached hydrogens (tertiary/aromatic N) is 2. The van der Waals surface area contributed by atoms with E-state index in [9.17, 15) is 4.79 Å². The number of carbonyl (C=O) groups is 1. The van der Waals surface area contributed by atoms with Gasteiger partial charge in [-0.25, -0.2) is 4.98 Å². The van der Waals surface area contributed by atoms with Crippen LogP contribution in [0.25, 0.3) is 0 Å². The Kier molecular flexibility index (Phi) is 6.72. The van der Waals surface area contributed by atoms with Crippen molar-refractivity contribution in [2.75, 3.05) is 19.0 Å². The quantitative estimate of drug-likeness (QED) is 0.560. The highest BCUT2D eigenvalue weighted by molar-refractivity contribution is 7.09. The zero-order chi connectivity index (χ0) is 20.1. The number of pyridine rings is 1. The van der Waals surface area contributed by atoms with Crippen molar-refractivity contribution in [3.63, 3.8) is 0 Å². The van der Waals surface area contributed by atoms with E-state index in [2.05, 4.69) is 15.3 Å². The number of hydrogen-bond acceptors (Lipinski definition) is 6. The molecular formula is C19H17Cl2N3O3S. The Morgan fingerprint density at radius 1 is 1.21 bits per heavy atom. The fourth-order valence-corrected chi connectivity index (χ4v) is 3.63. The summed E-state index contributed by atoms with van der Waals surface area (Å²) >= 11 is 13.7. The normalized spacial score (nSPS) is 10.6. The minimum absolute atomic E-state index is 0.254. The lowest BCUT2D eigenvalue weighted by atomic mass is 10.2. The van der Waals surface area contributed by atoms with E-state index < -0.39 is 0 Å². The highest BCUT2D eigenvalue weighted by atomic mass is 35.5. The largest absolute Gasteiger partial charge is 0.493 e. The first-order chi connectivity index (χ1) is 13.5. The van der Waals surface area contributed by atoms with Gasteiger partial charge in [-0.05, 0) is 25.1 Å². The summed E-state index contributed by atoms with van der Waals surface area (Å²) in [5.41, 5.74) is 1.68. The molecule has 0 spiro atoms. The Balaban J connectivity index is 1.73. The molecule has 0 aliphatic heterocycles. The zero-order valence-corrected chi connectivity index (χ0v) is 17.5. The Morgan fingerprint density at radius 2 is 1.96 bits per heavy atom. The number of aromatic nitrogens is 2. The average Bonchev–Trinajstić information content (AvgIpc) is 3.09. The molecule has 0 aliphatic carbocycles. The number of amides is 1. The molecule has 3 aromatic rings. The number of methoxy groups -OCH3 is 1. The molecule has 146 valence electrons. The minimum Gasteiger partial charge on any atom is -0.493 e. The number of benzene rings is 1. The number of aryl methyl sites for hydroxylation is 1. The third-order valence-electron chi connectivity index (χ3n) is 3.76. The van der Waals surface area contributed by atoms with Crippen molar-refractivity contribution in [1.29, 1.82) is 0 Å². The molecule has 28 heavy (non-hydrogen) atoms. The van der Waals surface area contributed by atoms with E-state index in [0.717, 1.165) is 10.7 Å². The molecule has 0 saturated carbocycles. The lowest BCUT2D eigenvalue weighted by Crippen LogP contribution is -2.13. The predicted octanol–water partition coefficient (Wildman–Crippen LogP) is 5.04. The van der Waals surface area contributed by atoms with Crippen LogP contribution in [0.2, 0.25) is 10.0 Å². The van der Waals surface area contributed by atoms with Crippen LogP contribution in [-0.4, -0.2) is 29.6 Å². The monoisotopic (exact) mass is 437 g/mol. The second-order valence-corrected chi connectivity index (χ2v) is 7.54. The fourth-order valence-electron chi connectivity index (χ4n) is 2.41. The van der Waals surface area contributed by atoms with Crippen molar-refractivity contribution in [2.24, 2.45) is 0 Å². The summed E-state index contributed by atoms with van der Waals surface area (Å²) < 4.78 is 11.2. The van der Waals surface area contributed by atoms with Crippen molar-refractivity contribution >= 4 is 46.1 Å². The smallest absolute Gasteiger partial charge is 0.255 e. The van der Waals surface area contributed by atoms with Gasteiger partial charge in [0.25, 0.3) is 5.91 Å². The Hall–Kier alpha value is -2.35. The van der Waals surface area contributed by atoms with Gasteiger partial charge in [-0.2, -0.15) is 0 Å². The van der Waals surface area contributed by atoms with Gasteiger partial charge in [0.1, 0.15) is 0 Å². The molecule has 2 aromatic heterocycles. The summed E-state index contributed by atoms with van der Waals surface area (Å²) in [5.74, 6) is 0.625. The molecular weight excluding hydrogens is 421 g/mol. The Bertz CT molecular complexity index is 974. The maximum atomic E-state index is 12.6. The second-order valence-electron chi connectivity index (χ2n) is 5.78. The van der Waals surface area contributed by atoms with Gasteiger partial charge in [-0.1, -0.05) is 23.2 Å². The zero-order valence-electron chi connectivity index (χ0n) is 15.2. The van der Waals surface area contributed by atoms with Gasteiger partial charge >= 0.3 is 0 Å². The van der Waals surface area contributed by atoms with Gasteiger partial charge in [0.15, 0.2) is 11.5 Å². The highest BCUT2D eigenvalue weighted by Crippen LogP contribution is 2.31. The van der Waals surface area contributed by atoms with Crippen LogP contribution in [0.15, 0.2) is 36.0 Å². The number of ether oxygens (including phenoxy) is 2. The lowest BCUT2D eigenvalue weighted by Gasteiger charge is -2.13. The SMILES string of the molecule is COc1ccc(C(=O)Nc2c(Cl)cncc2Cl)cc1OCCc1nc(C)cs1. The molecule has 6 nitrogen and oxygen atoms in total. The van der Waals surface area contributed by atoms with Crippen LogP contribution in [0, 0.1) is 6.92 Å². The summed E-state index contributed by atoms with van der Waals surface area (Å²) in [6.45, 7) is 2.36. The van der Waals surface area contributed by atoms with E-state index in [4.69, 9.17) is 32.7 Å². The summed E-state index contributed by atoms with van der Waals surface area (Å²) in [6, 6.07) is 4.92. The number of halogens is 2. The van der Waals surface area contributed by atoms with Crippen LogP contribution in [0.5, 0.6) is 11.5 Å². The summed E-state index contributed by atoms with van der Waals surface area (Å²) in [5, 5.41) is 6.19. The molecule has 0 saturated heterocycles. The molecule has 1 amide bonds. The summed E-state index contributed by atoms with van der Waals surface area (Å²) in [7, 11) is 1.54. The van der Waals surface area contributed by atoms with Gasteiger partial charge in [-0.15, -0.1) is 11.3 Å². The third-order valence-corrected chi connectivity index (χ3v) is 5.36. The first kappa shape index (κ1) is 20.4. The van der Waals surface area contributed by atoms with Crippen LogP contribution in [0.1, 0.15) is 21.1 Å².